The smallest absolute Gasteiger partial charge is 0.410 e. The lowest BCUT2D eigenvalue weighted by atomic mass is 9.88. The van der Waals surface area contributed by atoms with Gasteiger partial charge in [0.05, 0.1) is 0 Å². The van der Waals surface area contributed by atoms with Crippen LogP contribution in [0.15, 0.2) is 60.7 Å². The van der Waals surface area contributed by atoms with Gasteiger partial charge in [0.15, 0.2) is 0 Å². The Bertz CT molecular complexity index is 837. The third kappa shape index (κ3) is 5.67. The molecule has 29 heavy (non-hydrogen) atoms. The number of esters is 1. The van der Waals surface area contributed by atoms with Gasteiger partial charge in [-0.25, -0.2) is 9.59 Å². The molecule has 0 N–H and O–H groups in total. The molecule has 6 nitrogen and oxygen atoms in total. The van der Waals surface area contributed by atoms with E-state index in [9.17, 15) is 14.4 Å². The first-order valence-corrected chi connectivity index (χ1v) is 9.73. The first-order valence-electron chi connectivity index (χ1n) is 9.73. The Labute approximate surface area is 170 Å². The number of likely N-dealkylation sites (tertiary alicyclic amines) is 1. The van der Waals surface area contributed by atoms with Gasteiger partial charge in [0.2, 0.25) is 0 Å². The van der Waals surface area contributed by atoms with Crippen LogP contribution >= 0.6 is 0 Å². The summed E-state index contributed by atoms with van der Waals surface area (Å²) in [6.45, 7) is 2.04. The van der Waals surface area contributed by atoms with E-state index in [1.54, 1.807) is 0 Å². The molecular formula is C23H25NO5. The van der Waals surface area contributed by atoms with E-state index in [1.165, 1.54) is 11.8 Å². The zero-order chi connectivity index (χ0) is 20.6. The summed E-state index contributed by atoms with van der Waals surface area (Å²) in [6, 6.07) is 17.8. The Kier molecular flexibility index (Phi) is 7.00. The molecule has 1 heterocycles. The summed E-state index contributed by atoms with van der Waals surface area (Å²) in [5.74, 6) is -0.762. The Morgan fingerprint density at radius 3 is 2.00 bits per heavy atom. The number of ketones is 1. The van der Waals surface area contributed by atoms with Crippen molar-refractivity contribution in [2.24, 2.45) is 5.92 Å². The minimum atomic E-state index is -0.829. The number of piperidine rings is 1. The van der Waals surface area contributed by atoms with E-state index in [-0.39, 0.29) is 37.9 Å². The second-order valence-electron chi connectivity index (χ2n) is 7.17. The van der Waals surface area contributed by atoms with Gasteiger partial charge < -0.3 is 9.47 Å². The average Bonchev–Trinajstić information content (AvgIpc) is 2.76. The van der Waals surface area contributed by atoms with Crippen LogP contribution in [0.2, 0.25) is 0 Å². The van der Waals surface area contributed by atoms with Crippen LogP contribution in [0.25, 0.3) is 0 Å². The number of Topliss-reactive ketones (excluding diaryl/α,β-unsaturated/α-hetero) is 1. The number of ether oxygens (including phenoxy) is 2. The van der Waals surface area contributed by atoms with Crippen LogP contribution in [-0.2, 0) is 32.3 Å². The number of amides is 1. The summed E-state index contributed by atoms with van der Waals surface area (Å²) in [5.41, 5.74) is 1.72. The van der Waals surface area contributed by atoms with Crippen molar-refractivity contribution in [3.8, 4) is 0 Å². The van der Waals surface area contributed by atoms with Crippen molar-refractivity contribution in [2.45, 2.75) is 39.0 Å². The van der Waals surface area contributed by atoms with E-state index >= 15 is 0 Å². The fraction of sp³-hybridized carbons (Fsp3) is 0.348. The molecule has 2 atom stereocenters. The van der Waals surface area contributed by atoms with Crippen molar-refractivity contribution in [3.05, 3.63) is 71.8 Å². The topological polar surface area (TPSA) is 72.9 Å². The predicted octanol–water partition coefficient (Wildman–Crippen LogP) is 3.74. The molecule has 0 bridgehead atoms. The number of hydrogen-bond acceptors (Lipinski definition) is 5. The van der Waals surface area contributed by atoms with Crippen molar-refractivity contribution < 1.29 is 23.9 Å². The maximum atomic E-state index is 12.7. The van der Waals surface area contributed by atoms with Crippen LogP contribution in [-0.4, -0.2) is 35.3 Å². The molecule has 0 aliphatic carbocycles. The summed E-state index contributed by atoms with van der Waals surface area (Å²) in [5, 5.41) is 0. The summed E-state index contributed by atoms with van der Waals surface area (Å²) in [4.78, 5) is 38.6. The van der Waals surface area contributed by atoms with Gasteiger partial charge in [-0.1, -0.05) is 60.7 Å². The summed E-state index contributed by atoms with van der Waals surface area (Å²) in [7, 11) is 0. The van der Waals surface area contributed by atoms with Crippen LogP contribution in [0.3, 0.4) is 0 Å². The van der Waals surface area contributed by atoms with Crippen LogP contribution in [0.1, 0.15) is 30.9 Å². The Hall–Kier alpha value is -3.15. The first-order chi connectivity index (χ1) is 14.0. The highest BCUT2D eigenvalue weighted by Crippen LogP contribution is 2.26. The fourth-order valence-corrected chi connectivity index (χ4v) is 3.40. The summed E-state index contributed by atoms with van der Waals surface area (Å²) in [6.07, 6.45) is 0.194. The molecule has 1 aliphatic rings. The summed E-state index contributed by atoms with van der Waals surface area (Å²) >= 11 is 0. The molecule has 152 valence electrons. The van der Waals surface area contributed by atoms with Gasteiger partial charge in [0.1, 0.15) is 25.0 Å². The maximum absolute atomic E-state index is 12.7. The van der Waals surface area contributed by atoms with E-state index in [1.807, 2.05) is 60.7 Å². The Morgan fingerprint density at radius 2 is 1.45 bits per heavy atom. The van der Waals surface area contributed by atoms with Gasteiger partial charge in [-0.2, -0.15) is 0 Å². The molecule has 2 aromatic carbocycles. The zero-order valence-corrected chi connectivity index (χ0v) is 16.5. The summed E-state index contributed by atoms with van der Waals surface area (Å²) < 4.78 is 10.8. The SMILES string of the molecule is CC(=O)C1CCN(C(=O)OCc2ccccc2)C(C(=O)OCc2ccccc2)C1. The van der Waals surface area contributed by atoms with Gasteiger partial charge in [-0.15, -0.1) is 0 Å². The van der Waals surface area contributed by atoms with Crippen LogP contribution < -0.4 is 0 Å². The lowest BCUT2D eigenvalue weighted by Crippen LogP contribution is -2.51. The lowest BCUT2D eigenvalue weighted by molar-refractivity contribution is -0.153. The van der Waals surface area contributed by atoms with E-state index in [2.05, 4.69) is 0 Å². The molecule has 3 rings (SSSR count). The Morgan fingerprint density at radius 1 is 0.897 bits per heavy atom. The molecule has 0 saturated carbocycles. The first kappa shape index (κ1) is 20.6. The van der Waals surface area contributed by atoms with Crippen LogP contribution in [0, 0.1) is 5.92 Å². The van der Waals surface area contributed by atoms with Crippen molar-refractivity contribution in [1.82, 2.24) is 4.90 Å². The van der Waals surface area contributed by atoms with Gasteiger partial charge in [0.25, 0.3) is 0 Å². The monoisotopic (exact) mass is 395 g/mol. The maximum Gasteiger partial charge on any atom is 0.410 e. The number of benzene rings is 2. The molecule has 1 amide bonds. The highest BCUT2D eigenvalue weighted by atomic mass is 16.6. The largest absolute Gasteiger partial charge is 0.459 e. The molecule has 1 fully saturated rings. The molecule has 0 aromatic heterocycles. The molecule has 1 aliphatic heterocycles. The quantitative estimate of drug-likeness (QED) is 0.697. The number of nitrogens with zero attached hydrogens (tertiary/aromatic N) is 1. The zero-order valence-electron chi connectivity index (χ0n) is 16.5. The van der Waals surface area contributed by atoms with E-state index in [0.717, 1.165) is 11.1 Å². The van der Waals surface area contributed by atoms with E-state index in [0.29, 0.717) is 6.42 Å². The van der Waals surface area contributed by atoms with Crippen molar-refractivity contribution in [2.75, 3.05) is 6.54 Å². The second kappa shape index (κ2) is 9.87. The standard InChI is InChI=1S/C23H25NO5/c1-17(25)20-12-13-24(23(27)29-16-19-10-6-3-7-11-19)21(14-20)22(26)28-15-18-8-4-2-5-9-18/h2-11,20-21H,12-16H2,1H3. The average molecular weight is 395 g/mol. The van der Waals surface area contributed by atoms with Crippen molar-refractivity contribution >= 4 is 17.8 Å². The van der Waals surface area contributed by atoms with Crippen molar-refractivity contribution in [3.63, 3.8) is 0 Å². The highest BCUT2D eigenvalue weighted by Gasteiger charge is 2.39. The molecule has 1 saturated heterocycles. The lowest BCUT2D eigenvalue weighted by Gasteiger charge is -2.36. The van der Waals surface area contributed by atoms with Gasteiger partial charge in [-0.3, -0.25) is 9.69 Å². The van der Waals surface area contributed by atoms with E-state index < -0.39 is 18.1 Å². The van der Waals surface area contributed by atoms with Gasteiger partial charge >= 0.3 is 12.1 Å². The third-order valence-corrected chi connectivity index (χ3v) is 5.11. The van der Waals surface area contributed by atoms with Crippen molar-refractivity contribution in [1.29, 1.82) is 0 Å². The van der Waals surface area contributed by atoms with Gasteiger partial charge in [-0.05, 0) is 30.9 Å². The minimum Gasteiger partial charge on any atom is -0.459 e. The number of carbonyl (C=O) groups excluding carboxylic acids is 3. The highest BCUT2D eigenvalue weighted by molar-refractivity contribution is 5.84. The third-order valence-electron chi connectivity index (χ3n) is 5.11. The molecule has 2 unspecified atom stereocenters. The van der Waals surface area contributed by atoms with Crippen LogP contribution in [0.4, 0.5) is 4.79 Å². The molecular weight excluding hydrogens is 370 g/mol. The molecule has 0 radical (unpaired) electrons. The number of carbonyl (C=O) groups is 3. The fourth-order valence-electron chi connectivity index (χ4n) is 3.40. The van der Waals surface area contributed by atoms with E-state index in [4.69, 9.17) is 9.47 Å². The molecule has 0 spiro atoms. The minimum absolute atomic E-state index is 0.0168. The van der Waals surface area contributed by atoms with Gasteiger partial charge in [0, 0.05) is 12.5 Å². The normalized spacial score (nSPS) is 18.7. The Balaban J connectivity index is 1.65. The van der Waals surface area contributed by atoms with Crippen LogP contribution in [0.5, 0.6) is 0 Å². The molecule has 6 heteroatoms. The second-order valence-corrected chi connectivity index (χ2v) is 7.17. The predicted molar refractivity (Wildman–Crippen MR) is 107 cm³/mol. The number of hydrogen-bond donors (Lipinski definition) is 0. The molecule has 2 aromatic rings. The number of rotatable bonds is 6.